The number of esters is 2. The van der Waals surface area contributed by atoms with Gasteiger partial charge in [0.15, 0.2) is 0 Å². The molecule has 0 saturated carbocycles. The Bertz CT molecular complexity index is 812. The van der Waals surface area contributed by atoms with Crippen molar-refractivity contribution in [2.24, 2.45) is 0 Å². The van der Waals surface area contributed by atoms with Crippen molar-refractivity contribution in [3.8, 4) is 11.5 Å². The minimum absolute atomic E-state index is 0.249. The third-order valence-electron chi connectivity index (χ3n) is 4.93. The van der Waals surface area contributed by atoms with Gasteiger partial charge in [0.1, 0.15) is 23.6 Å². The number of benzene rings is 2. The van der Waals surface area contributed by atoms with Crippen molar-refractivity contribution >= 4 is 74.5 Å². The van der Waals surface area contributed by atoms with Gasteiger partial charge in [0.05, 0.1) is 20.8 Å². The molecule has 0 fully saturated rings. The van der Waals surface area contributed by atoms with Gasteiger partial charge in [0.2, 0.25) is 6.86 Å². The monoisotopic (exact) mass is 924 g/mol. The van der Waals surface area contributed by atoms with Gasteiger partial charge >= 0.3 is 61.4 Å². The van der Waals surface area contributed by atoms with Crippen molar-refractivity contribution in [2.75, 3.05) is 46.7 Å². The molecule has 13 heteroatoms. The quantitative estimate of drug-likeness (QED) is 0.164. The van der Waals surface area contributed by atoms with Crippen LogP contribution in [0.3, 0.4) is 0 Å². The maximum atomic E-state index is 11.9. The van der Waals surface area contributed by atoms with E-state index >= 15 is 0 Å². The van der Waals surface area contributed by atoms with E-state index in [2.05, 4.69) is 82.7 Å². The van der Waals surface area contributed by atoms with Gasteiger partial charge in [-0.2, -0.15) is 0 Å². The van der Waals surface area contributed by atoms with Crippen molar-refractivity contribution in [1.82, 2.24) is 10.6 Å². The minimum atomic E-state index is -0.847. The molecule has 0 aromatic heterocycles. The molecule has 2 unspecified atom stereocenters. The first-order valence-electron chi connectivity index (χ1n) is 11.6. The number of alkyl halides is 2. The van der Waals surface area contributed by atoms with E-state index in [1.54, 1.807) is 38.4 Å². The number of carbonyl (C=O) groups is 2. The molecule has 0 aliphatic rings. The predicted molar refractivity (Wildman–Crippen MR) is 176 cm³/mol. The number of halogens is 4. The summed E-state index contributed by atoms with van der Waals surface area (Å²) in [5.74, 6) is 0.753. The zero-order chi connectivity index (χ0) is 30.1. The average Bonchev–Trinajstić information content (AvgIpc) is 2.97. The second-order valence-electron chi connectivity index (χ2n) is 7.18. The number of nitrogens with one attached hydrogen (secondary N) is 2. The van der Waals surface area contributed by atoms with Crippen LogP contribution >= 0.6 is 62.5 Å². The van der Waals surface area contributed by atoms with E-state index in [4.69, 9.17) is 9.47 Å². The van der Waals surface area contributed by atoms with Gasteiger partial charge in [-0.1, -0.05) is 46.9 Å². The van der Waals surface area contributed by atoms with Crippen molar-refractivity contribution in [3.05, 3.63) is 59.7 Å². The van der Waals surface area contributed by atoms with Gasteiger partial charge in [-0.25, -0.2) is 4.39 Å². The Labute approximate surface area is 274 Å². The number of hydrogen-bond acceptors (Lipinski definition) is 8. The second-order valence-corrected chi connectivity index (χ2v) is 19.0. The first-order valence-corrected chi connectivity index (χ1v) is 22.8. The van der Waals surface area contributed by atoms with E-state index < -0.39 is 6.86 Å². The molecule has 0 saturated heterocycles. The summed E-state index contributed by atoms with van der Waals surface area (Å²) in [5.41, 5.74) is 2.01. The second kappa shape index (κ2) is 27.8. The van der Waals surface area contributed by atoms with Crippen LogP contribution in [0, 0.1) is 0 Å². The Morgan fingerprint density at radius 3 is 1.38 bits per heavy atom. The van der Waals surface area contributed by atoms with Gasteiger partial charge in [0, 0.05) is 0 Å². The summed E-state index contributed by atoms with van der Waals surface area (Å²) in [5, 5.41) is 5.81. The summed E-state index contributed by atoms with van der Waals surface area (Å²) in [6.07, 6.45) is 1.12. The van der Waals surface area contributed by atoms with Gasteiger partial charge in [0.25, 0.3) is 0 Å². The topological polar surface area (TPSA) is 95.1 Å². The van der Waals surface area contributed by atoms with Gasteiger partial charge in [-0.15, -0.1) is 0 Å². The van der Waals surface area contributed by atoms with Crippen molar-refractivity contribution in [3.63, 3.8) is 0 Å². The summed E-state index contributed by atoms with van der Waals surface area (Å²) in [4.78, 5) is 24.7. The van der Waals surface area contributed by atoms with Crippen LogP contribution in [0.25, 0.3) is 0 Å². The Morgan fingerprint density at radius 1 is 0.795 bits per heavy atom. The zero-order valence-electron chi connectivity index (χ0n) is 23.0. The van der Waals surface area contributed by atoms with Crippen LogP contribution in [-0.4, -0.2) is 70.7 Å². The van der Waals surface area contributed by atoms with E-state index in [1.807, 2.05) is 36.1 Å². The van der Waals surface area contributed by atoms with E-state index in [-0.39, 0.29) is 24.0 Å². The molecule has 0 amide bonds. The molecule has 0 spiro atoms. The predicted octanol–water partition coefficient (Wildman–Crippen LogP) is 5.50. The molecule has 221 valence electrons. The molecule has 2 aromatic rings. The number of rotatable bonds is 12. The van der Waals surface area contributed by atoms with Crippen molar-refractivity contribution in [1.29, 1.82) is 0 Å². The van der Waals surface area contributed by atoms with Crippen LogP contribution < -0.4 is 20.1 Å². The zero-order valence-corrected chi connectivity index (χ0v) is 30.9. The summed E-state index contributed by atoms with van der Waals surface area (Å²) in [6.45, 7) is 1.75. The molecule has 0 aliphatic carbocycles. The summed E-state index contributed by atoms with van der Waals surface area (Å²) >= 11 is 6.89. The van der Waals surface area contributed by atoms with Gasteiger partial charge in [-0.3, -0.25) is 9.59 Å². The number of carbonyl (C=O) groups excluding carboxylic acids is 2. The van der Waals surface area contributed by atoms with Crippen LogP contribution in [0.1, 0.15) is 18.1 Å². The van der Waals surface area contributed by atoms with E-state index in [0.717, 1.165) is 16.9 Å². The number of likely N-dealkylation sites (N-methyl/N-ethyl adjacent to an activating group) is 2. The summed E-state index contributed by atoms with van der Waals surface area (Å²) in [6, 6.07) is 13.9. The van der Waals surface area contributed by atoms with E-state index in [1.165, 1.54) is 14.2 Å². The number of methoxy groups -OCH3 is 2. The molecule has 8 nitrogen and oxygen atoms in total. The fourth-order valence-corrected chi connectivity index (χ4v) is 3.04. The molecule has 39 heavy (non-hydrogen) atoms. The molecule has 2 N–H and O–H groups in total. The molecule has 2 aromatic carbocycles. The molecule has 0 aliphatic heterocycles. The van der Waals surface area contributed by atoms with Crippen LogP contribution in [0.15, 0.2) is 48.5 Å². The third-order valence-corrected chi connectivity index (χ3v) is 4.93. The fraction of sp³-hybridized carbons (Fsp3) is 0.462. The molecule has 2 rings (SSSR count). The molecular formula is C26H38FI3N2O6V. The molecule has 0 bridgehead atoms. The first kappa shape index (κ1) is 40.7. The van der Waals surface area contributed by atoms with E-state index in [9.17, 15) is 14.0 Å². The first-order chi connectivity index (χ1) is 18.8. The van der Waals surface area contributed by atoms with Gasteiger partial charge < -0.3 is 29.6 Å². The maximum absolute atomic E-state index is 11.9. The number of ether oxygens (including phenoxy) is 4. The Balaban J connectivity index is 0. The molecular weight excluding hydrogens is 886 g/mol. The number of hydrogen-bond donors (Lipinski definition) is 2. The van der Waals surface area contributed by atoms with Crippen LogP contribution in [-0.2, 0) is 41.4 Å². The fourth-order valence-electron chi connectivity index (χ4n) is 3.04. The van der Waals surface area contributed by atoms with Crippen molar-refractivity contribution < 1.29 is 42.4 Å². The SMILES string of the molecule is CCOc1ccc(CC(NC)C(=O)OC)cc1.CI.CNC(Cc1ccc(OC[18F])cc1)C(=O)OC.[I][V][I]. The summed E-state index contributed by atoms with van der Waals surface area (Å²) in [7, 11) is 6.82. The van der Waals surface area contributed by atoms with Crippen LogP contribution in [0.4, 0.5) is 4.39 Å². The van der Waals surface area contributed by atoms with Crippen LogP contribution in [0.5, 0.6) is 11.5 Å². The Morgan fingerprint density at radius 2 is 1.13 bits per heavy atom. The molecule has 2 atom stereocenters. The molecule has 0 heterocycles. The normalized spacial score (nSPS) is 10.9. The third kappa shape index (κ3) is 19.4. The van der Waals surface area contributed by atoms with Gasteiger partial charge in [-0.05, 0) is 74.2 Å². The standard InChI is InChI=1S/C13H19NO3.C12H16FNO3.CH3I.2HI.V/c1-4-17-11-7-5-10(6-8-11)9-12(14-2)13(15)16-3;1-14-11(12(15)16-2)7-9-3-5-10(6-4-9)17-8-13;1-2;;;/h5-8,12,14H,4,9H2,1-3H3;3-6,11,14H,7-8H2,1-2H3;1H3;2*1H;/q;;;;;+2/p-2/i;13-1;;;;. The Kier molecular flexibility index (Phi) is 29.0. The van der Waals surface area contributed by atoms with Crippen LogP contribution in [0.2, 0.25) is 0 Å². The van der Waals surface area contributed by atoms with Crippen molar-refractivity contribution in [2.45, 2.75) is 31.8 Å². The summed E-state index contributed by atoms with van der Waals surface area (Å²) < 4.78 is 31.3. The van der Waals surface area contributed by atoms with E-state index in [0.29, 0.717) is 34.7 Å². The average molecular weight is 924 g/mol. The molecule has 0 radical (unpaired) electrons. The Hall–Kier alpha value is -0.396.